The number of ether oxygens (including phenoxy) is 1. The van der Waals surface area contributed by atoms with Crippen LogP contribution in [0.4, 0.5) is 0 Å². The second kappa shape index (κ2) is 8.97. The maximum atomic E-state index is 12.4. The molecule has 0 bridgehead atoms. The van der Waals surface area contributed by atoms with E-state index in [1.165, 1.54) is 36.4 Å². The molecule has 0 radical (unpaired) electrons. The maximum Gasteiger partial charge on any atom is 2.00 e. The quantitative estimate of drug-likeness (QED) is 0.401. The molecule has 4 rings (SSSR count). The first kappa shape index (κ1) is 22.0. The Balaban J connectivity index is 0.00000272. The molecule has 3 aromatic carbocycles. The van der Waals surface area contributed by atoms with E-state index in [0.717, 1.165) is 6.07 Å². The van der Waals surface area contributed by atoms with Crippen LogP contribution in [-0.4, -0.2) is 21.8 Å². The molecule has 0 aliphatic carbocycles. The van der Waals surface area contributed by atoms with Gasteiger partial charge in [0.05, 0.1) is 5.71 Å². The van der Waals surface area contributed by atoms with Crippen molar-refractivity contribution in [2.75, 3.05) is 0 Å². The number of carbonyl (C=O) groups excluding carboxylic acids is 1. The van der Waals surface area contributed by atoms with Crippen molar-refractivity contribution in [3.63, 3.8) is 0 Å². The molecule has 8 nitrogen and oxygen atoms in total. The molecule has 1 amide bonds. The van der Waals surface area contributed by atoms with Crippen LogP contribution in [-0.2, 0) is 16.5 Å². The Kier molecular flexibility index (Phi) is 6.37. The normalized spacial score (nSPS) is 16.0. The summed E-state index contributed by atoms with van der Waals surface area (Å²) < 4.78 is 5.88. The van der Waals surface area contributed by atoms with E-state index in [0.29, 0.717) is 5.56 Å². The van der Waals surface area contributed by atoms with Crippen LogP contribution in [0.1, 0.15) is 34.0 Å². The zero-order valence-electron chi connectivity index (χ0n) is 15.8. The molecule has 1 unspecified atom stereocenters. The molecule has 0 spiro atoms. The number of phenols is 2. The van der Waals surface area contributed by atoms with Crippen LogP contribution in [0.3, 0.4) is 0 Å². The maximum absolute atomic E-state index is 12.4. The standard InChI is InChI=1S/C22H18N2O6.Ni/c25-13-7-5-12(6-8-13)19-11-16(21-18(28)9-14(26)10-20(21)30-19)23-24-22(29)15-3-1-2-4-17(15)27;/h1-10,19,25-28H,11H2,(H,24,29);/q;+2/p-2/b23-16+;. The minimum Gasteiger partial charge on any atom is -0.872 e. The van der Waals surface area contributed by atoms with E-state index in [9.17, 15) is 25.2 Å². The second-order valence-corrected chi connectivity index (χ2v) is 6.71. The summed E-state index contributed by atoms with van der Waals surface area (Å²) >= 11 is 0. The third-order valence-electron chi connectivity index (χ3n) is 4.68. The number of hydrazone groups is 1. The number of hydrogen-bond donors (Lipinski definition) is 3. The number of amides is 1. The number of carbonyl (C=O) groups is 1. The molecule has 1 aliphatic rings. The van der Waals surface area contributed by atoms with Gasteiger partial charge in [-0.2, -0.15) is 5.10 Å². The Labute approximate surface area is 187 Å². The molecule has 9 heteroatoms. The third-order valence-corrected chi connectivity index (χ3v) is 4.68. The van der Waals surface area contributed by atoms with Gasteiger partial charge in [-0.05, 0) is 23.8 Å². The number of nitrogens with one attached hydrogen (secondary N) is 1. The molecule has 0 saturated heterocycles. The predicted octanol–water partition coefficient (Wildman–Crippen LogP) is 1.90. The number of phenolic OH excluding ortho intramolecular Hbond substituents is 2. The fraction of sp³-hybridized carbons (Fsp3) is 0.0909. The third kappa shape index (κ3) is 4.57. The summed E-state index contributed by atoms with van der Waals surface area (Å²) in [5.41, 5.74) is 3.33. The monoisotopic (exact) mass is 462 g/mol. The second-order valence-electron chi connectivity index (χ2n) is 6.71. The van der Waals surface area contributed by atoms with Gasteiger partial charge in [0.2, 0.25) is 0 Å². The molecular formula is C22H16N2NiO6. The Bertz CT molecular complexity index is 1150. The van der Waals surface area contributed by atoms with Gasteiger partial charge >= 0.3 is 16.5 Å². The smallest absolute Gasteiger partial charge is 0.872 e. The number of nitrogens with zero attached hydrogens (tertiary/aromatic N) is 1. The number of fused-ring (bicyclic) bond motifs is 1. The van der Waals surface area contributed by atoms with Gasteiger partial charge in [-0.25, -0.2) is 5.43 Å². The van der Waals surface area contributed by atoms with Crippen LogP contribution >= 0.6 is 0 Å². The molecule has 160 valence electrons. The Morgan fingerprint density at radius 3 is 2.42 bits per heavy atom. The number of hydrogen-bond acceptors (Lipinski definition) is 7. The van der Waals surface area contributed by atoms with Gasteiger partial charge < -0.3 is 25.2 Å². The molecule has 0 saturated carbocycles. The van der Waals surface area contributed by atoms with Crippen molar-refractivity contribution in [2.24, 2.45) is 5.10 Å². The molecule has 0 aromatic heterocycles. The SMILES string of the molecule is O=C(N/N=C1\CC(c2ccc(O)cc2)Oc2cc(O)cc([O-])c21)c1ccccc1[O-].[Ni+2]. The summed E-state index contributed by atoms with van der Waals surface area (Å²) in [4.78, 5) is 12.4. The number of benzene rings is 3. The Hall–Kier alpha value is -3.71. The average molecular weight is 463 g/mol. The summed E-state index contributed by atoms with van der Waals surface area (Å²) in [5, 5.41) is 47.7. The van der Waals surface area contributed by atoms with Crippen LogP contribution in [0.25, 0.3) is 0 Å². The molecule has 0 fully saturated rings. The molecular weight excluding hydrogens is 447 g/mol. The fourth-order valence-corrected chi connectivity index (χ4v) is 3.24. The van der Waals surface area contributed by atoms with Crippen LogP contribution in [0, 0.1) is 0 Å². The molecule has 1 aliphatic heterocycles. The van der Waals surface area contributed by atoms with Crippen LogP contribution in [0.15, 0.2) is 65.8 Å². The van der Waals surface area contributed by atoms with Crippen LogP contribution in [0.2, 0.25) is 0 Å². The van der Waals surface area contributed by atoms with Gasteiger partial charge in [-0.1, -0.05) is 47.9 Å². The van der Waals surface area contributed by atoms with E-state index in [-0.39, 0.29) is 57.0 Å². The number of aromatic hydroxyl groups is 2. The van der Waals surface area contributed by atoms with Gasteiger partial charge in [-0.15, -0.1) is 0 Å². The molecule has 1 heterocycles. The van der Waals surface area contributed by atoms with Crippen LogP contribution < -0.4 is 20.4 Å². The minimum atomic E-state index is -0.700. The van der Waals surface area contributed by atoms with Crippen molar-refractivity contribution >= 4 is 11.6 Å². The van der Waals surface area contributed by atoms with Gasteiger partial charge in [0, 0.05) is 23.6 Å². The predicted molar refractivity (Wildman–Crippen MR) is 104 cm³/mol. The van der Waals surface area contributed by atoms with Gasteiger partial charge in [-0.3, -0.25) is 4.79 Å². The molecule has 1 atom stereocenters. The van der Waals surface area contributed by atoms with Gasteiger partial charge in [0.15, 0.2) is 0 Å². The van der Waals surface area contributed by atoms with E-state index in [2.05, 4.69) is 10.5 Å². The number of para-hydroxylation sites is 1. The van der Waals surface area contributed by atoms with E-state index in [1.807, 2.05) is 0 Å². The molecule has 3 N–H and O–H groups in total. The van der Waals surface area contributed by atoms with Gasteiger partial charge in [0.25, 0.3) is 5.91 Å². The topological polar surface area (TPSA) is 137 Å². The first-order valence-corrected chi connectivity index (χ1v) is 9.05. The number of rotatable bonds is 3. The first-order chi connectivity index (χ1) is 14.4. The van der Waals surface area contributed by atoms with E-state index < -0.39 is 23.5 Å². The van der Waals surface area contributed by atoms with E-state index >= 15 is 0 Å². The molecule has 3 aromatic rings. The van der Waals surface area contributed by atoms with E-state index in [4.69, 9.17) is 4.74 Å². The van der Waals surface area contributed by atoms with Crippen LogP contribution in [0.5, 0.6) is 28.7 Å². The van der Waals surface area contributed by atoms with Crippen molar-refractivity contribution in [1.29, 1.82) is 0 Å². The summed E-state index contributed by atoms with van der Waals surface area (Å²) in [6.45, 7) is 0. The zero-order valence-corrected chi connectivity index (χ0v) is 16.8. The molecule has 31 heavy (non-hydrogen) atoms. The summed E-state index contributed by atoms with van der Waals surface area (Å²) in [6, 6.07) is 14.4. The van der Waals surface area contributed by atoms with E-state index in [1.54, 1.807) is 18.2 Å². The zero-order chi connectivity index (χ0) is 21.3. The largest absolute Gasteiger partial charge is 2.00 e. The average Bonchev–Trinajstić information content (AvgIpc) is 2.72. The summed E-state index contributed by atoms with van der Waals surface area (Å²) in [5.74, 6) is -1.69. The van der Waals surface area contributed by atoms with Crippen molar-refractivity contribution in [2.45, 2.75) is 12.5 Å². The first-order valence-electron chi connectivity index (χ1n) is 9.05. The van der Waals surface area contributed by atoms with Gasteiger partial charge in [0.1, 0.15) is 23.4 Å². The Morgan fingerprint density at radius 2 is 1.71 bits per heavy atom. The van der Waals surface area contributed by atoms with Crippen molar-refractivity contribution in [3.05, 3.63) is 77.4 Å². The fourth-order valence-electron chi connectivity index (χ4n) is 3.24. The van der Waals surface area contributed by atoms with Crippen molar-refractivity contribution in [1.82, 2.24) is 5.43 Å². The summed E-state index contributed by atoms with van der Waals surface area (Å²) in [6.07, 6.45) is -0.418. The minimum absolute atomic E-state index is 0. The Morgan fingerprint density at radius 1 is 1.00 bits per heavy atom. The van der Waals surface area contributed by atoms with Crippen molar-refractivity contribution < 1.29 is 46.4 Å². The summed E-state index contributed by atoms with van der Waals surface area (Å²) in [7, 11) is 0. The van der Waals surface area contributed by atoms with Crippen molar-refractivity contribution in [3.8, 4) is 28.7 Å².